The quantitative estimate of drug-likeness (QED) is 0.647. The Bertz CT molecular complexity index is 822. The van der Waals surface area contributed by atoms with Gasteiger partial charge in [0.2, 0.25) is 0 Å². The second-order valence-corrected chi connectivity index (χ2v) is 6.58. The van der Waals surface area contributed by atoms with Crippen LogP contribution < -0.4 is 4.90 Å². The molecule has 0 spiro atoms. The van der Waals surface area contributed by atoms with Crippen molar-refractivity contribution in [3.05, 3.63) is 90.0 Å². The van der Waals surface area contributed by atoms with Crippen molar-refractivity contribution in [1.82, 2.24) is 0 Å². The zero-order valence-corrected chi connectivity index (χ0v) is 15.0. The minimum atomic E-state index is -0.210. The van der Waals surface area contributed by atoms with E-state index in [0.717, 1.165) is 12.1 Å². The van der Waals surface area contributed by atoms with E-state index in [1.165, 1.54) is 22.4 Å². The highest BCUT2D eigenvalue weighted by atomic mass is 16.7. The average molecular weight is 345 g/mol. The van der Waals surface area contributed by atoms with Crippen LogP contribution in [0, 0.1) is 0 Å². The fourth-order valence-corrected chi connectivity index (χ4v) is 3.24. The van der Waals surface area contributed by atoms with Crippen LogP contribution in [0.2, 0.25) is 0 Å². The number of ether oxygens (including phenoxy) is 2. The predicted octanol–water partition coefficient (Wildman–Crippen LogP) is 5.04. The smallest absolute Gasteiger partial charge is 0.184 e. The van der Waals surface area contributed by atoms with Crippen LogP contribution in [-0.4, -0.2) is 20.3 Å². The van der Waals surface area contributed by atoms with E-state index in [-0.39, 0.29) is 6.29 Å². The zero-order chi connectivity index (χ0) is 17.8. The second kappa shape index (κ2) is 7.73. The van der Waals surface area contributed by atoms with Crippen molar-refractivity contribution in [1.29, 1.82) is 0 Å². The minimum Gasteiger partial charge on any atom is -0.370 e. The van der Waals surface area contributed by atoms with Gasteiger partial charge >= 0.3 is 0 Å². The van der Waals surface area contributed by atoms with Crippen LogP contribution in [0.5, 0.6) is 0 Å². The van der Waals surface area contributed by atoms with Crippen molar-refractivity contribution in [2.45, 2.75) is 12.8 Å². The summed E-state index contributed by atoms with van der Waals surface area (Å²) >= 11 is 0. The van der Waals surface area contributed by atoms with E-state index in [1.54, 1.807) is 0 Å². The van der Waals surface area contributed by atoms with Gasteiger partial charge in [-0.3, -0.25) is 0 Å². The molecule has 1 aliphatic rings. The van der Waals surface area contributed by atoms with Gasteiger partial charge in [0, 0.05) is 24.8 Å². The number of anilines is 1. The van der Waals surface area contributed by atoms with E-state index in [1.807, 2.05) is 0 Å². The molecule has 0 atom stereocenters. The first kappa shape index (κ1) is 16.8. The van der Waals surface area contributed by atoms with Crippen molar-refractivity contribution in [2.24, 2.45) is 0 Å². The van der Waals surface area contributed by atoms with Crippen molar-refractivity contribution in [3.63, 3.8) is 0 Å². The normalized spacial score (nSPS) is 14.5. The van der Waals surface area contributed by atoms with Gasteiger partial charge in [-0.2, -0.15) is 0 Å². The molecule has 0 amide bonds. The molecule has 26 heavy (non-hydrogen) atoms. The Morgan fingerprint density at radius 2 is 1.35 bits per heavy atom. The molecule has 1 heterocycles. The lowest BCUT2D eigenvalue weighted by Crippen LogP contribution is -2.15. The molecule has 3 nitrogen and oxygen atoms in total. The third kappa shape index (κ3) is 3.79. The van der Waals surface area contributed by atoms with Gasteiger partial charge in [-0.1, -0.05) is 66.7 Å². The summed E-state index contributed by atoms with van der Waals surface area (Å²) in [5.74, 6) is 0. The monoisotopic (exact) mass is 345 g/mol. The van der Waals surface area contributed by atoms with Crippen LogP contribution in [0.25, 0.3) is 11.1 Å². The van der Waals surface area contributed by atoms with Crippen LogP contribution in [0.4, 0.5) is 5.69 Å². The fraction of sp³-hybridized carbons (Fsp3) is 0.217. The van der Waals surface area contributed by atoms with E-state index in [0.29, 0.717) is 13.2 Å². The Balaban J connectivity index is 1.45. The maximum atomic E-state index is 5.55. The molecule has 0 aliphatic carbocycles. The Labute approximate surface area is 154 Å². The summed E-state index contributed by atoms with van der Waals surface area (Å²) < 4.78 is 11.1. The van der Waals surface area contributed by atoms with Crippen molar-refractivity contribution in [3.8, 4) is 11.1 Å². The summed E-state index contributed by atoms with van der Waals surface area (Å²) in [5.41, 5.74) is 6.00. The van der Waals surface area contributed by atoms with Crippen molar-refractivity contribution < 1.29 is 9.47 Å². The van der Waals surface area contributed by atoms with Crippen LogP contribution >= 0.6 is 0 Å². The van der Waals surface area contributed by atoms with Gasteiger partial charge < -0.3 is 14.4 Å². The molecule has 0 saturated carbocycles. The van der Waals surface area contributed by atoms with Crippen LogP contribution in [-0.2, 0) is 16.0 Å². The lowest BCUT2D eigenvalue weighted by molar-refractivity contribution is -0.0441. The number of hydrogen-bond acceptors (Lipinski definition) is 3. The van der Waals surface area contributed by atoms with E-state index < -0.39 is 0 Å². The Kier molecular flexibility index (Phi) is 5.00. The molecule has 132 valence electrons. The molecule has 0 bridgehead atoms. The molecule has 3 aromatic rings. The Morgan fingerprint density at radius 1 is 0.769 bits per heavy atom. The van der Waals surface area contributed by atoms with Gasteiger partial charge in [-0.05, 0) is 28.8 Å². The summed E-state index contributed by atoms with van der Waals surface area (Å²) in [5, 5.41) is 0. The maximum absolute atomic E-state index is 5.55. The molecule has 0 unspecified atom stereocenters. The maximum Gasteiger partial charge on any atom is 0.184 e. The summed E-state index contributed by atoms with van der Waals surface area (Å²) in [6.07, 6.45) is -0.210. The SMILES string of the molecule is CN(Cc1ccccc1)c1ccc(-c2ccc(C3OCCO3)cc2)cc1. The number of hydrogen-bond donors (Lipinski definition) is 0. The molecular formula is C23H23NO2. The van der Waals surface area contributed by atoms with E-state index in [2.05, 4.69) is 90.8 Å². The molecule has 1 saturated heterocycles. The zero-order valence-electron chi connectivity index (χ0n) is 15.0. The number of benzene rings is 3. The molecule has 4 rings (SSSR count). The fourth-order valence-electron chi connectivity index (χ4n) is 3.24. The first-order valence-electron chi connectivity index (χ1n) is 8.98. The van der Waals surface area contributed by atoms with Gasteiger partial charge in [0.05, 0.1) is 13.2 Å². The minimum absolute atomic E-state index is 0.210. The summed E-state index contributed by atoms with van der Waals surface area (Å²) in [4.78, 5) is 2.26. The Morgan fingerprint density at radius 3 is 1.96 bits per heavy atom. The molecule has 1 fully saturated rings. The predicted molar refractivity (Wildman–Crippen MR) is 105 cm³/mol. The highest BCUT2D eigenvalue weighted by molar-refractivity contribution is 5.66. The van der Waals surface area contributed by atoms with Crippen molar-refractivity contribution >= 4 is 5.69 Å². The van der Waals surface area contributed by atoms with Gasteiger partial charge in [-0.25, -0.2) is 0 Å². The molecule has 1 aliphatic heterocycles. The topological polar surface area (TPSA) is 21.7 Å². The number of nitrogens with zero attached hydrogens (tertiary/aromatic N) is 1. The molecule has 0 radical (unpaired) electrons. The van der Waals surface area contributed by atoms with Gasteiger partial charge in [0.25, 0.3) is 0 Å². The molecule has 3 heteroatoms. The van der Waals surface area contributed by atoms with Gasteiger partial charge in [0.15, 0.2) is 6.29 Å². The summed E-state index contributed by atoms with van der Waals surface area (Å²) in [7, 11) is 2.12. The Hall–Kier alpha value is -2.62. The molecular weight excluding hydrogens is 322 g/mol. The summed E-state index contributed by atoms with van der Waals surface area (Å²) in [6, 6.07) is 27.7. The lowest BCUT2D eigenvalue weighted by Gasteiger charge is -2.20. The molecule has 0 N–H and O–H groups in total. The van der Waals surface area contributed by atoms with Crippen LogP contribution in [0.15, 0.2) is 78.9 Å². The first-order chi connectivity index (χ1) is 12.8. The van der Waals surface area contributed by atoms with E-state index >= 15 is 0 Å². The standard InChI is InChI=1S/C23H23NO2/c1-24(17-18-5-3-2-4-6-18)22-13-11-20(12-14-22)19-7-9-21(10-8-19)23-25-15-16-26-23/h2-14,23H,15-17H2,1H3. The van der Waals surface area contributed by atoms with Gasteiger partial charge in [0.1, 0.15) is 0 Å². The molecule has 0 aromatic heterocycles. The first-order valence-corrected chi connectivity index (χ1v) is 8.98. The lowest BCUT2D eigenvalue weighted by atomic mass is 10.0. The summed E-state index contributed by atoms with van der Waals surface area (Å²) in [6.45, 7) is 2.24. The second-order valence-electron chi connectivity index (χ2n) is 6.58. The van der Waals surface area contributed by atoms with E-state index in [9.17, 15) is 0 Å². The van der Waals surface area contributed by atoms with Crippen LogP contribution in [0.1, 0.15) is 17.4 Å². The third-order valence-electron chi connectivity index (χ3n) is 4.71. The van der Waals surface area contributed by atoms with Gasteiger partial charge in [-0.15, -0.1) is 0 Å². The molecule has 3 aromatic carbocycles. The third-order valence-corrected chi connectivity index (χ3v) is 4.71. The average Bonchev–Trinajstić information content (AvgIpc) is 3.24. The van der Waals surface area contributed by atoms with E-state index in [4.69, 9.17) is 9.47 Å². The highest BCUT2D eigenvalue weighted by Gasteiger charge is 2.17. The highest BCUT2D eigenvalue weighted by Crippen LogP contribution is 2.27. The van der Waals surface area contributed by atoms with Crippen LogP contribution in [0.3, 0.4) is 0 Å². The largest absolute Gasteiger partial charge is 0.370 e. The van der Waals surface area contributed by atoms with Crippen molar-refractivity contribution in [2.75, 3.05) is 25.2 Å². The number of rotatable bonds is 5.